The predicted molar refractivity (Wildman–Crippen MR) is 111 cm³/mol. The number of carbonyl (C=O) groups excluding carboxylic acids is 1. The van der Waals surface area contributed by atoms with Gasteiger partial charge in [-0.2, -0.15) is 8.78 Å². The third-order valence-electron chi connectivity index (χ3n) is 4.00. The molecule has 0 aliphatic rings. The van der Waals surface area contributed by atoms with Crippen molar-refractivity contribution in [2.45, 2.75) is 20.1 Å². The van der Waals surface area contributed by atoms with Crippen molar-refractivity contribution in [3.63, 3.8) is 0 Å². The minimum absolute atomic E-state index is 0.0962. The lowest BCUT2D eigenvalue weighted by molar-refractivity contribution is -0.0504. The summed E-state index contributed by atoms with van der Waals surface area (Å²) >= 11 is 0. The highest BCUT2D eigenvalue weighted by molar-refractivity contribution is 5.94. The number of guanidine groups is 1. The molecule has 0 bridgehead atoms. The van der Waals surface area contributed by atoms with Crippen molar-refractivity contribution < 1.29 is 23.0 Å². The number of benzene rings is 2. The van der Waals surface area contributed by atoms with Gasteiger partial charge in [0.2, 0.25) is 0 Å². The molecular formula is C21H26F2N4O3. The molecule has 7 nitrogen and oxygen atoms in total. The van der Waals surface area contributed by atoms with Gasteiger partial charge in [-0.3, -0.25) is 4.79 Å². The van der Waals surface area contributed by atoms with E-state index in [2.05, 4.69) is 25.7 Å². The Hall–Kier alpha value is -3.36. The van der Waals surface area contributed by atoms with Crippen molar-refractivity contribution in [1.29, 1.82) is 0 Å². The lowest BCUT2D eigenvalue weighted by Crippen LogP contribution is -2.41. The molecular weight excluding hydrogens is 394 g/mol. The number of amides is 1. The number of aliphatic imine (C=N–C) groups is 1. The molecule has 162 valence electrons. The Morgan fingerprint density at radius 2 is 1.73 bits per heavy atom. The number of ether oxygens (including phenoxy) is 2. The summed E-state index contributed by atoms with van der Waals surface area (Å²) in [6, 6.07) is 13.3. The molecule has 30 heavy (non-hydrogen) atoms. The molecule has 0 fully saturated rings. The summed E-state index contributed by atoms with van der Waals surface area (Å²) < 4.78 is 34.6. The Kier molecular flexibility index (Phi) is 9.36. The number of hydrogen-bond donors (Lipinski definition) is 3. The molecule has 0 aromatic heterocycles. The number of methoxy groups -OCH3 is 1. The fraction of sp³-hybridized carbons (Fsp3) is 0.333. The number of rotatable bonds is 10. The fourth-order valence-corrected chi connectivity index (χ4v) is 2.55. The second-order valence-corrected chi connectivity index (χ2v) is 6.09. The summed E-state index contributed by atoms with van der Waals surface area (Å²) in [6.45, 7) is 0.617. The van der Waals surface area contributed by atoms with Gasteiger partial charge in [0.05, 0.1) is 13.7 Å². The number of nitrogens with one attached hydrogen (secondary N) is 3. The van der Waals surface area contributed by atoms with Crippen LogP contribution in [0.5, 0.6) is 11.5 Å². The number of halogens is 2. The van der Waals surface area contributed by atoms with Crippen molar-refractivity contribution in [2.24, 2.45) is 4.99 Å². The van der Waals surface area contributed by atoms with Crippen LogP contribution in [0.2, 0.25) is 0 Å². The van der Waals surface area contributed by atoms with Crippen LogP contribution in [0.25, 0.3) is 0 Å². The Bertz CT molecular complexity index is 829. The molecule has 0 radical (unpaired) electrons. The zero-order valence-corrected chi connectivity index (χ0v) is 17.0. The smallest absolute Gasteiger partial charge is 0.387 e. The van der Waals surface area contributed by atoms with E-state index in [-0.39, 0.29) is 18.2 Å². The summed E-state index contributed by atoms with van der Waals surface area (Å²) in [5, 5.41) is 8.97. The number of para-hydroxylation sites is 1. The van der Waals surface area contributed by atoms with Gasteiger partial charge in [0, 0.05) is 30.8 Å². The highest BCUT2D eigenvalue weighted by Gasteiger charge is 2.09. The van der Waals surface area contributed by atoms with Gasteiger partial charge in [0.15, 0.2) is 5.96 Å². The molecule has 9 heteroatoms. The Morgan fingerprint density at radius 3 is 2.40 bits per heavy atom. The molecule has 3 N–H and O–H groups in total. The zero-order valence-electron chi connectivity index (χ0n) is 17.0. The van der Waals surface area contributed by atoms with Gasteiger partial charge in [-0.05, 0) is 37.3 Å². The largest absolute Gasteiger partial charge is 0.497 e. The highest BCUT2D eigenvalue weighted by Crippen LogP contribution is 2.20. The summed E-state index contributed by atoms with van der Waals surface area (Å²) in [7, 11) is 1.56. The fourth-order valence-electron chi connectivity index (χ4n) is 2.55. The normalized spacial score (nSPS) is 11.2. The first-order valence-electron chi connectivity index (χ1n) is 9.50. The van der Waals surface area contributed by atoms with Crippen LogP contribution >= 0.6 is 0 Å². The SMILES string of the molecule is CCNC(=NCc1ccccc1OC(F)F)NCCNC(=O)c1ccc(OC)cc1. The highest BCUT2D eigenvalue weighted by atomic mass is 19.3. The Balaban J connectivity index is 1.86. The van der Waals surface area contributed by atoms with Gasteiger partial charge in [0.25, 0.3) is 5.91 Å². The third-order valence-corrected chi connectivity index (χ3v) is 4.00. The molecule has 2 aromatic rings. The molecule has 0 atom stereocenters. The maximum atomic E-state index is 12.5. The van der Waals surface area contributed by atoms with Crippen LogP contribution in [-0.4, -0.2) is 45.2 Å². The van der Waals surface area contributed by atoms with E-state index >= 15 is 0 Å². The summed E-state index contributed by atoms with van der Waals surface area (Å²) in [4.78, 5) is 16.5. The molecule has 0 aliphatic carbocycles. The first-order valence-corrected chi connectivity index (χ1v) is 9.50. The van der Waals surface area contributed by atoms with E-state index in [9.17, 15) is 13.6 Å². The van der Waals surface area contributed by atoms with Crippen LogP contribution in [-0.2, 0) is 6.54 Å². The van der Waals surface area contributed by atoms with E-state index in [0.29, 0.717) is 42.5 Å². The van der Waals surface area contributed by atoms with Gasteiger partial charge in [-0.15, -0.1) is 0 Å². The average molecular weight is 420 g/mol. The molecule has 0 aliphatic heterocycles. The second kappa shape index (κ2) is 12.3. The van der Waals surface area contributed by atoms with Crippen LogP contribution in [0, 0.1) is 0 Å². The average Bonchev–Trinajstić information content (AvgIpc) is 2.75. The quantitative estimate of drug-likeness (QED) is 0.313. The van der Waals surface area contributed by atoms with Gasteiger partial charge in [-0.1, -0.05) is 18.2 Å². The molecule has 0 heterocycles. The van der Waals surface area contributed by atoms with E-state index < -0.39 is 6.61 Å². The first kappa shape index (κ1) is 22.9. The Morgan fingerprint density at radius 1 is 1.03 bits per heavy atom. The zero-order chi connectivity index (χ0) is 21.8. The molecule has 2 rings (SSSR count). The summed E-state index contributed by atoms with van der Waals surface area (Å²) in [5.74, 6) is 1.08. The maximum absolute atomic E-state index is 12.5. The number of alkyl halides is 2. The molecule has 0 spiro atoms. The topological polar surface area (TPSA) is 84.0 Å². The van der Waals surface area contributed by atoms with Crippen LogP contribution in [0.3, 0.4) is 0 Å². The monoisotopic (exact) mass is 420 g/mol. The lowest BCUT2D eigenvalue weighted by Gasteiger charge is -2.13. The van der Waals surface area contributed by atoms with Crippen molar-refractivity contribution in [3.05, 3.63) is 59.7 Å². The van der Waals surface area contributed by atoms with Crippen molar-refractivity contribution in [2.75, 3.05) is 26.7 Å². The summed E-state index contributed by atoms with van der Waals surface area (Å²) in [6.07, 6.45) is 0. The van der Waals surface area contributed by atoms with Crippen LogP contribution in [0.1, 0.15) is 22.8 Å². The van der Waals surface area contributed by atoms with Crippen LogP contribution < -0.4 is 25.4 Å². The van der Waals surface area contributed by atoms with Gasteiger partial charge in [-0.25, -0.2) is 4.99 Å². The summed E-state index contributed by atoms with van der Waals surface area (Å²) in [5.41, 5.74) is 1.08. The predicted octanol–water partition coefficient (Wildman–Crippen LogP) is 2.78. The molecule has 0 saturated carbocycles. The van der Waals surface area contributed by atoms with Gasteiger partial charge >= 0.3 is 6.61 Å². The van der Waals surface area contributed by atoms with E-state index in [1.54, 1.807) is 49.6 Å². The minimum Gasteiger partial charge on any atom is -0.497 e. The third kappa shape index (κ3) is 7.57. The molecule has 0 unspecified atom stereocenters. The van der Waals surface area contributed by atoms with Crippen molar-refractivity contribution in [3.8, 4) is 11.5 Å². The van der Waals surface area contributed by atoms with Crippen molar-refractivity contribution in [1.82, 2.24) is 16.0 Å². The standard InChI is InChI=1S/C21H26F2N4O3/c1-3-24-21(27-14-16-6-4-5-7-18(16)30-20(22)23)26-13-12-25-19(28)15-8-10-17(29-2)11-9-15/h4-11,20H,3,12-14H2,1-2H3,(H,25,28)(H2,24,26,27). The second-order valence-electron chi connectivity index (χ2n) is 6.09. The molecule has 0 saturated heterocycles. The van der Waals surface area contributed by atoms with Gasteiger partial charge < -0.3 is 25.4 Å². The minimum atomic E-state index is -2.89. The van der Waals surface area contributed by atoms with Crippen LogP contribution in [0.4, 0.5) is 8.78 Å². The van der Waals surface area contributed by atoms with E-state index in [1.165, 1.54) is 6.07 Å². The number of carbonyl (C=O) groups is 1. The number of nitrogens with zero attached hydrogens (tertiary/aromatic N) is 1. The van der Waals surface area contributed by atoms with E-state index in [0.717, 1.165) is 0 Å². The Labute approximate surface area is 174 Å². The molecule has 2 aromatic carbocycles. The molecule has 1 amide bonds. The van der Waals surface area contributed by atoms with E-state index in [1.807, 2.05) is 6.92 Å². The number of hydrogen-bond acceptors (Lipinski definition) is 4. The van der Waals surface area contributed by atoms with Crippen molar-refractivity contribution >= 4 is 11.9 Å². The van der Waals surface area contributed by atoms with Crippen LogP contribution in [0.15, 0.2) is 53.5 Å². The maximum Gasteiger partial charge on any atom is 0.387 e. The lowest BCUT2D eigenvalue weighted by atomic mass is 10.2. The van der Waals surface area contributed by atoms with E-state index in [4.69, 9.17) is 4.74 Å². The van der Waals surface area contributed by atoms with Gasteiger partial charge in [0.1, 0.15) is 11.5 Å². The first-order chi connectivity index (χ1) is 14.5.